The van der Waals surface area contributed by atoms with Gasteiger partial charge in [0.1, 0.15) is 17.8 Å². The molecule has 0 spiro atoms. The number of hydrogen-bond donors (Lipinski definition) is 4. The van der Waals surface area contributed by atoms with E-state index in [-0.39, 0.29) is 13.0 Å². The van der Waals surface area contributed by atoms with E-state index in [1.54, 1.807) is 24.3 Å². The van der Waals surface area contributed by atoms with Crippen molar-refractivity contribution in [3.05, 3.63) is 66.2 Å². The van der Waals surface area contributed by atoms with Gasteiger partial charge in [-0.25, -0.2) is 0 Å². The number of carboxylic acid groups (broad SMARTS) is 1. The van der Waals surface area contributed by atoms with Crippen LogP contribution in [0.2, 0.25) is 0 Å². The van der Waals surface area contributed by atoms with Gasteiger partial charge in [-0.1, -0.05) is 48.5 Å². The van der Waals surface area contributed by atoms with Gasteiger partial charge in [-0.2, -0.15) is 0 Å². The van der Waals surface area contributed by atoms with Crippen LogP contribution in [-0.2, 0) is 25.6 Å². The van der Waals surface area contributed by atoms with Crippen LogP contribution in [0.3, 0.4) is 0 Å². The van der Waals surface area contributed by atoms with Crippen molar-refractivity contribution in [2.24, 2.45) is 0 Å². The maximum atomic E-state index is 12.6. The molecule has 0 unspecified atom stereocenters. The van der Waals surface area contributed by atoms with Crippen LogP contribution < -0.4 is 20.7 Å². The van der Waals surface area contributed by atoms with Gasteiger partial charge in [0.25, 0.3) is 5.91 Å². The number of nitrogens with one attached hydrogen (secondary N) is 3. The lowest BCUT2D eigenvalue weighted by atomic mass is 10.1. The first kappa shape index (κ1) is 23.4. The molecular formula is C22H25N3O6. The van der Waals surface area contributed by atoms with Crippen LogP contribution in [0, 0.1) is 0 Å². The molecule has 0 aliphatic heterocycles. The second kappa shape index (κ2) is 12.0. The van der Waals surface area contributed by atoms with Gasteiger partial charge in [0.05, 0.1) is 6.54 Å². The Labute approximate surface area is 179 Å². The number of amides is 3. The standard InChI is InChI=1S/C22H25N3O6/c1-15(22(29)30)24-19(26)13-23-21(28)18(12-16-8-4-2-5-9-16)25-20(27)14-31-17-10-6-3-7-11-17/h2-11,15,18H,12-14H2,1H3,(H,23,28)(H,24,26)(H,25,27)(H,29,30)/t15-,18+/m0/s1. The highest BCUT2D eigenvalue weighted by Crippen LogP contribution is 2.08. The summed E-state index contributed by atoms with van der Waals surface area (Å²) >= 11 is 0. The first-order valence-electron chi connectivity index (χ1n) is 9.66. The van der Waals surface area contributed by atoms with Crippen LogP contribution in [0.1, 0.15) is 12.5 Å². The molecule has 2 aromatic rings. The zero-order valence-electron chi connectivity index (χ0n) is 17.0. The van der Waals surface area contributed by atoms with E-state index in [4.69, 9.17) is 9.84 Å². The molecule has 0 fully saturated rings. The molecule has 164 valence electrons. The zero-order valence-corrected chi connectivity index (χ0v) is 17.0. The van der Waals surface area contributed by atoms with Crippen molar-refractivity contribution in [1.82, 2.24) is 16.0 Å². The number of ether oxygens (including phenoxy) is 1. The predicted octanol–water partition coefficient (Wildman–Crippen LogP) is 0.498. The van der Waals surface area contributed by atoms with Gasteiger partial charge >= 0.3 is 5.97 Å². The van der Waals surface area contributed by atoms with Gasteiger partial charge in [-0.05, 0) is 24.6 Å². The third kappa shape index (κ3) is 8.57. The highest BCUT2D eigenvalue weighted by Gasteiger charge is 2.22. The average Bonchev–Trinajstić information content (AvgIpc) is 2.77. The molecule has 0 aromatic heterocycles. The second-order valence-corrected chi connectivity index (χ2v) is 6.76. The summed E-state index contributed by atoms with van der Waals surface area (Å²) in [7, 11) is 0. The van der Waals surface area contributed by atoms with Gasteiger partial charge in [-0.15, -0.1) is 0 Å². The third-order valence-corrected chi connectivity index (χ3v) is 4.22. The summed E-state index contributed by atoms with van der Waals surface area (Å²) in [5.74, 6) is -2.39. The van der Waals surface area contributed by atoms with E-state index in [1.165, 1.54) is 6.92 Å². The number of carbonyl (C=O) groups excluding carboxylic acids is 3. The number of carboxylic acids is 1. The smallest absolute Gasteiger partial charge is 0.325 e. The molecule has 0 radical (unpaired) electrons. The molecule has 9 heteroatoms. The topological polar surface area (TPSA) is 134 Å². The van der Waals surface area contributed by atoms with Gasteiger partial charge in [0, 0.05) is 6.42 Å². The predicted molar refractivity (Wildman–Crippen MR) is 112 cm³/mol. The molecule has 4 N–H and O–H groups in total. The Balaban J connectivity index is 1.95. The van der Waals surface area contributed by atoms with Gasteiger partial charge in [0.15, 0.2) is 6.61 Å². The minimum absolute atomic E-state index is 0.205. The molecule has 0 saturated carbocycles. The largest absolute Gasteiger partial charge is 0.484 e. The molecule has 31 heavy (non-hydrogen) atoms. The fourth-order valence-corrected chi connectivity index (χ4v) is 2.61. The first-order chi connectivity index (χ1) is 14.8. The van der Waals surface area contributed by atoms with Crippen LogP contribution in [0.5, 0.6) is 5.75 Å². The van der Waals surface area contributed by atoms with Crippen LogP contribution in [-0.4, -0.2) is 54.0 Å². The van der Waals surface area contributed by atoms with Crippen molar-refractivity contribution in [2.75, 3.05) is 13.2 Å². The molecule has 0 aliphatic rings. The van der Waals surface area contributed by atoms with Crippen LogP contribution >= 0.6 is 0 Å². The Morgan fingerprint density at radius 3 is 2.13 bits per heavy atom. The highest BCUT2D eigenvalue weighted by atomic mass is 16.5. The van der Waals surface area contributed by atoms with Crippen LogP contribution in [0.25, 0.3) is 0 Å². The number of benzene rings is 2. The lowest BCUT2D eigenvalue weighted by molar-refractivity contribution is -0.141. The Morgan fingerprint density at radius 1 is 0.903 bits per heavy atom. The summed E-state index contributed by atoms with van der Waals surface area (Å²) in [5, 5.41) is 16.1. The monoisotopic (exact) mass is 427 g/mol. The van der Waals surface area contributed by atoms with Crippen molar-refractivity contribution >= 4 is 23.7 Å². The molecule has 9 nitrogen and oxygen atoms in total. The highest BCUT2D eigenvalue weighted by molar-refractivity contribution is 5.92. The lowest BCUT2D eigenvalue weighted by Crippen LogP contribution is -2.51. The summed E-state index contributed by atoms with van der Waals surface area (Å²) in [6.07, 6.45) is 0.205. The fraction of sp³-hybridized carbons (Fsp3) is 0.273. The maximum absolute atomic E-state index is 12.6. The summed E-state index contributed by atoms with van der Waals surface area (Å²) in [5.41, 5.74) is 0.816. The van der Waals surface area contributed by atoms with Crippen molar-refractivity contribution in [3.8, 4) is 5.75 Å². The Morgan fingerprint density at radius 2 is 1.52 bits per heavy atom. The SMILES string of the molecule is C[C@H](NC(=O)CNC(=O)[C@@H](Cc1ccccc1)NC(=O)COc1ccccc1)C(=O)O. The van der Waals surface area contributed by atoms with Crippen molar-refractivity contribution in [3.63, 3.8) is 0 Å². The minimum Gasteiger partial charge on any atom is -0.484 e. The molecule has 2 rings (SSSR count). The van der Waals surface area contributed by atoms with Gasteiger partial charge < -0.3 is 25.8 Å². The van der Waals surface area contributed by atoms with E-state index in [0.717, 1.165) is 5.56 Å². The first-order valence-corrected chi connectivity index (χ1v) is 9.66. The molecular weight excluding hydrogens is 402 g/mol. The van der Waals surface area contributed by atoms with Crippen LogP contribution in [0.15, 0.2) is 60.7 Å². The zero-order chi connectivity index (χ0) is 22.6. The number of para-hydroxylation sites is 1. The molecule has 2 atom stereocenters. The average molecular weight is 427 g/mol. The van der Waals surface area contributed by atoms with Crippen LogP contribution in [0.4, 0.5) is 0 Å². The summed E-state index contributed by atoms with van der Waals surface area (Å²) in [6.45, 7) is 0.616. The summed E-state index contributed by atoms with van der Waals surface area (Å²) in [4.78, 5) is 47.6. The fourth-order valence-electron chi connectivity index (χ4n) is 2.61. The summed E-state index contributed by atoms with van der Waals surface area (Å²) < 4.78 is 5.40. The van der Waals surface area contributed by atoms with E-state index < -0.39 is 42.3 Å². The van der Waals surface area contributed by atoms with Crippen molar-refractivity contribution < 1.29 is 29.0 Å². The normalized spacial score (nSPS) is 12.2. The number of rotatable bonds is 11. The van der Waals surface area contributed by atoms with E-state index in [2.05, 4.69) is 16.0 Å². The van der Waals surface area contributed by atoms with Gasteiger partial charge in [-0.3, -0.25) is 19.2 Å². The Kier molecular flexibility index (Phi) is 9.03. The summed E-state index contributed by atoms with van der Waals surface area (Å²) in [6, 6.07) is 15.8. The second-order valence-electron chi connectivity index (χ2n) is 6.76. The third-order valence-electron chi connectivity index (χ3n) is 4.22. The van der Waals surface area contributed by atoms with Crippen molar-refractivity contribution in [2.45, 2.75) is 25.4 Å². The minimum atomic E-state index is -1.19. The molecule has 0 saturated heterocycles. The van der Waals surface area contributed by atoms with E-state index in [1.807, 2.05) is 36.4 Å². The maximum Gasteiger partial charge on any atom is 0.325 e. The molecule has 0 aliphatic carbocycles. The quantitative estimate of drug-likeness (QED) is 0.413. The number of aliphatic carboxylic acids is 1. The Bertz CT molecular complexity index is 889. The molecule has 2 aromatic carbocycles. The van der Waals surface area contributed by atoms with Crippen molar-refractivity contribution in [1.29, 1.82) is 0 Å². The van der Waals surface area contributed by atoms with E-state index in [9.17, 15) is 19.2 Å². The molecule has 3 amide bonds. The van der Waals surface area contributed by atoms with E-state index in [0.29, 0.717) is 5.75 Å². The number of carbonyl (C=O) groups is 4. The molecule has 0 heterocycles. The lowest BCUT2D eigenvalue weighted by Gasteiger charge is -2.19. The van der Waals surface area contributed by atoms with Gasteiger partial charge in [0.2, 0.25) is 11.8 Å². The Hall–Kier alpha value is -3.88. The number of hydrogen-bond acceptors (Lipinski definition) is 5. The van der Waals surface area contributed by atoms with E-state index >= 15 is 0 Å². The molecule has 0 bridgehead atoms.